The number of hydrogen-bond acceptors (Lipinski definition) is 5. The molecular weight excluding hydrogens is 406 g/mol. The van der Waals surface area contributed by atoms with Gasteiger partial charge in [0.2, 0.25) is 15.9 Å². The first-order valence-electron chi connectivity index (χ1n) is 9.98. The average molecular weight is 434 g/mol. The maximum atomic E-state index is 12.6. The second-order valence-corrected chi connectivity index (χ2v) is 9.53. The molecule has 1 aromatic heterocycles. The van der Waals surface area contributed by atoms with E-state index >= 15 is 0 Å². The molecule has 0 unspecified atom stereocenters. The van der Waals surface area contributed by atoms with E-state index in [2.05, 4.69) is 10.0 Å². The quantitative estimate of drug-likeness (QED) is 0.698. The number of sulfonamides is 1. The molecule has 2 amide bonds. The molecule has 0 aliphatic carbocycles. The molecule has 1 saturated heterocycles. The van der Waals surface area contributed by atoms with Crippen LogP contribution in [0.2, 0.25) is 0 Å². The number of carbonyl (C=O) groups excluding carboxylic acids is 2. The first-order valence-corrected chi connectivity index (χ1v) is 11.5. The summed E-state index contributed by atoms with van der Waals surface area (Å²) in [5.41, 5.74) is 1.09. The Morgan fingerprint density at radius 1 is 1.13 bits per heavy atom. The zero-order chi connectivity index (χ0) is 21.7. The van der Waals surface area contributed by atoms with E-state index < -0.39 is 10.0 Å². The van der Waals surface area contributed by atoms with Crippen LogP contribution in [0.3, 0.4) is 0 Å². The number of amides is 2. The van der Waals surface area contributed by atoms with Gasteiger partial charge in [-0.1, -0.05) is 13.8 Å². The van der Waals surface area contributed by atoms with Gasteiger partial charge in [0.05, 0.1) is 16.7 Å². The van der Waals surface area contributed by atoms with Crippen molar-refractivity contribution in [3.8, 4) is 0 Å². The molecule has 0 saturated carbocycles. The topological polar surface area (TPSA) is 109 Å². The van der Waals surface area contributed by atoms with E-state index in [-0.39, 0.29) is 28.5 Å². The fourth-order valence-electron chi connectivity index (χ4n) is 3.22. The maximum Gasteiger partial charge on any atom is 0.257 e. The van der Waals surface area contributed by atoms with E-state index in [1.165, 1.54) is 24.7 Å². The van der Waals surface area contributed by atoms with E-state index in [0.29, 0.717) is 30.9 Å². The lowest BCUT2D eigenvalue weighted by Crippen LogP contribution is -2.41. The van der Waals surface area contributed by atoms with Gasteiger partial charge in [0.15, 0.2) is 0 Å². The number of likely N-dealkylation sites (tertiary alicyclic amines) is 1. The van der Waals surface area contributed by atoms with Crippen LogP contribution in [0, 0.1) is 11.8 Å². The van der Waals surface area contributed by atoms with Crippen LogP contribution in [0.5, 0.6) is 0 Å². The van der Waals surface area contributed by atoms with Crippen LogP contribution in [0.15, 0.2) is 52.2 Å². The largest absolute Gasteiger partial charge is 0.472 e. The molecule has 1 fully saturated rings. The van der Waals surface area contributed by atoms with Crippen molar-refractivity contribution in [2.75, 3.05) is 25.0 Å². The molecule has 1 aliphatic rings. The van der Waals surface area contributed by atoms with E-state index in [0.717, 1.165) is 12.8 Å². The molecule has 3 rings (SSSR count). The van der Waals surface area contributed by atoms with Gasteiger partial charge in [-0.05, 0) is 49.1 Å². The molecule has 0 radical (unpaired) electrons. The second-order valence-electron chi connectivity index (χ2n) is 7.77. The van der Waals surface area contributed by atoms with Crippen LogP contribution < -0.4 is 10.0 Å². The van der Waals surface area contributed by atoms with Crippen molar-refractivity contribution in [2.24, 2.45) is 11.8 Å². The van der Waals surface area contributed by atoms with Gasteiger partial charge in [0.1, 0.15) is 6.26 Å². The average Bonchev–Trinajstić information content (AvgIpc) is 3.27. The first kappa shape index (κ1) is 22.0. The summed E-state index contributed by atoms with van der Waals surface area (Å²) in [6, 6.07) is 7.75. The molecule has 1 aromatic carbocycles. The number of nitrogens with one attached hydrogen (secondary N) is 2. The van der Waals surface area contributed by atoms with E-state index in [1.807, 2.05) is 0 Å². The SMILES string of the molecule is CC(C)C(=O)Nc1ccc(S(=O)(=O)NCC2CCN(C(=O)c3ccoc3)CC2)cc1. The highest BCUT2D eigenvalue weighted by atomic mass is 32.2. The smallest absolute Gasteiger partial charge is 0.257 e. The van der Waals surface area contributed by atoms with Crippen LogP contribution in [-0.4, -0.2) is 44.8 Å². The van der Waals surface area contributed by atoms with Crippen molar-refractivity contribution in [1.29, 1.82) is 0 Å². The number of benzene rings is 1. The molecule has 2 N–H and O–H groups in total. The Morgan fingerprint density at radius 2 is 1.80 bits per heavy atom. The summed E-state index contributed by atoms with van der Waals surface area (Å²) >= 11 is 0. The molecule has 2 aromatic rings. The molecule has 1 aliphatic heterocycles. The van der Waals surface area contributed by atoms with Gasteiger partial charge in [-0.2, -0.15) is 0 Å². The normalized spacial score (nSPS) is 15.4. The zero-order valence-electron chi connectivity index (χ0n) is 17.1. The van der Waals surface area contributed by atoms with Gasteiger partial charge in [-0.25, -0.2) is 13.1 Å². The third kappa shape index (κ3) is 5.48. The molecule has 9 heteroatoms. The van der Waals surface area contributed by atoms with Crippen LogP contribution in [0.25, 0.3) is 0 Å². The van der Waals surface area contributed by atoms with Crippen LogP contribution >= 0.6 is 0 Å². The van der Waals surface area contributed by atoms with E-state index in [1.54, 1.807) is 36.9 Å². The number of nitrogens with zero attached hydrogens (tertiary/aromatic N) is 1. The number of anilines is 1. The van der Waals surface area contributed by atoms with Crippen LogP contribution in [0.1, 0.15) is 37.0 Å². The fourth-order valence-corrected chi connectivity index (χ4v) is 4.34. The van der Waals surface area contributed by atoms with Gasteiger partial charge in [-0.3, -0.25) is 9.59 Å². The second kappa shape index (κ2) is 9.44. The summed E-state index contributed by atoms with van der Waals surface area (Å²) in [5, 5.41) is 2.73. The zero-order valence-corrected chi connectivity index (χ0v) is 17.9. The summed E-state index contributed by atoms with van der Waals surface area (Å²) in [4.78, 5) is 26.0. The predicted molar refractivity (Wildman–Crippen MR) is 112 cm³/mol. The van der Waals surface area contributed by atoms with Gasteiger partial charge < -0.3 is 14.6 Å². The Bertz CT molecular complexity index is 961. The van der Waals surface area contributed by atoms with Gasteiger partial charge in [-0.15, -0.1) is 0 Å². The van der Waals surface area contributed by atoms with Crippen molar-refractivity contribution in [1.82, 2.24) is 9.62 Å². The van der Waals surface area contributed by atoms with Gasteiger partial charge >= 0.3 is 0 Å². The van der Waals surface area contributed by atoms with Gasteiger partial charge in [0.25, 0.3) is 5.91 Å². The molecule has 0 spiro atoms. The maximum absolute atomic E-state index is 12.6. The van der Waals surface area contributed by atoms with Crippen LogP contribution in [-0.2, 0) is 14.8 Å². The number of furan rings is 1. The number of rotatable bonds is 7. The molecule has 2 heterocycles. The molecule has 30 heavy (non-hydrogen) atoms. The van der Waals surface area contributed by atoms with Gasteiger partial charge in [0, 0.05) is 31.2 Å². The first-order chi connectivity index (χ1) is 14.3. The minimum absolute atomic E-state index is 0.0626. The van der Waals surface area contributed by atoms with E-state index in [9.17, 15) is 18.0 Å². The van der Waals surface area contributed by atoms with Crippen molar-refractivity contribution in [3.63, 3.8) is 0 Å². The summed E-state index contributed by atoms with van der Waals surface area (Å²) < 4.78 is 32.8. The standard InChI is InChI=1S/C21H27N3O5S/c1-15(2)20(25)23-18-3-5-19(6-4-18)30(27,28)22-13-16-7-10-24(11-8-16)21(26)17-9-12-29-14-17/h3-6,9,12,14-16,22H,7-8,10-11,13H2,1-2H3,(H,23,25). The predicted octanol–water partition coefficient (Wildman–Crippen LogP) is 2.70. The molecule has 8 nitrogen and oxygen atoms in total. The minimum atomic E-state index is -3.64. The van der Waals surface area contributed by atoms with Crippen molar-refractivity contribution in [3.05, 3.63) is 48.4 Å². The van der Waals surface area contributed by atoms with Crippen molar-refractivity contribution in [2.45, 2.75) is 31.6 Å². The monoisotopic (exact) mass is 433 g/mol. The Kier molecular flexibility index (Phi) is 6.94. The Balaban J connectivity index is 1.49. The molecule has 0 bridgehead atoms. The molecule has 162 valence electrons. The van der Waals surface area contributed by atoms with E-state index in [4.69, 9.17) is 4.42 Å². The highest BCUT2D eigenvalue weighted by molar-refractivity contribution is 7.89. The van der Waals surface area contributed by atoms with Crippen molar-refractivity contribution < 1.29 is 22.4 Å². The Labute approximate surface area is 176 Å². The number of carbonyl (C=O) groups is 2. The summed E-state index contributed by atoms with van der Waals surface area (Å²) in [5.74, 6) is -0.178. The highest BCUT2D eigenvalue weighted by Crippen LogP contribution is 2.20. The lowest BCUT2D eigenvalue weighted by atomic mass is 9.97. The minimum Gasteiger partial charge on any atom is -0.472 e. The summed E-state index contributed by atoms with van der Waals surface area (Å²) in [6.07, 6.45) is 4.36. The number of piperidine rings is 1. The summed E-state index contributed by atoms with van der Waals surface area (Å²) in [7, 11) is -3.64. The third-order valence-corrected chi connectivity index (χ3v) is 6.63. The fraction of sp³-hybridized carbons (Fsp3) is 0.429. The third-order valence-electron chi connectivity index (χ3n) is 5.19. The lowest BCUT2D eigenvalue weighted by molar-refractivity contribution is -0.118. The Hall–Kier alpha value is -2.65. The number of hydrogen-bond donors (Lipinski definition) is 2. The molecular formula is C21H27N3O5S. The molecule has 0 atom stereocenters. The lowest BCUT2D eigenvalue weighted by Gasteiger charge is -2.31. The van der Waals surface area contributed by atoms with Crippen molar-refractivity contribution >= 4 is 27.5 Å². The van der Waals surface area contributed by atoms with Crippen LogP contribution in [0.4, 0.5) is 5.69 Å². The highest BCUT2D eigenvalue weighted by Gasteiger charge is 2.25. The Morgan fingerprint density at radius 3 is 2.37 bits per heavy atom. The summed E-state index contributed by atoms with van der Waals surface area (Å²) in [6.45, 7) is 5.06.